The van der Waals surface area contributed by atoms with Crippen molar-refractivity contribution in [3.05, 3.63) is 48.2 Å². The molecule has 0 fully saturated rings. The number of aromatic nitrogens is 2. The van der Waals surface area contributed by atoms with Crippen molar-refractivity contribution in [2.75, 3.05) is 7.11 Å². The first-order valence-corrected chi connectivity index (χ1v) is 6.93. The van der Waals surface area contributed by atoms with Crippen molar-refractivity contribution in [1.29, 1.82) is 0 Å². The predicted molar refractivity (Wildman–Crippen MR) is 78.4 cm³/mol. The SMILES string of the molecule is COc1cccc2c1nc(CCl)n2C(C)c1ccco1. The summed E-state index contributed by atoms with van der Waals surface area (Å²) in [6.45, 7) is 2.06. The number of hydrogen-bond acceptors (Lipinski definition) is 3. The molecule has 0 bridgehead atoms. The second kappa shape index (κ2) is 5.21. The van der Waals surface area contributed by atoms with Gasteiger partial charge in [-0.05, 0) is 31.2 Å². The minimum atomic E-state index is 0.0239. The number of hydrogen-bond donors (Lipinski definition) is 0. The van der Waals surface area contributed by atoms with Gasteiger partial charge < -0.3 is 13.7 Å². The Morgan fingerprint density at radius 3 is 2.85 bits per heavy atom. The number of nitrogens with zero attached hydrogens (tertiary/aromatic N) is 2. The number of ether oxygens (including phenoxy) is 1. The summed E-state index contributed by atoms with van der Waals surface area (Å²) in [5.41, 5.74) is 1.81. The summed E-state index contributed by atoms with van der Waals surface area (Å²) in [6.07, 6.45) is 1.67. The molecule has 0 aliphatic carbocycles. The molecular weight excluding hydrogens is 276 g/mol. The Labute approximate surface area is 121 Å². The molecule has 3 aromatic rings. The van der Waals surface area contributed by atoms with E-state index in [1.165, 1.54) is 0 Å². The van der Waals surface area contributed by atoms with Gasteiger partial charge in [0.1, 0.15) is 22.9 Å². The zero-order valence-corrected chi connectivity index (χ0v) is 12.1. The van der Waals surface area contributed by atoms with E-state index in [9.17, 15) is 0 Å². The average Bonchev–Trinajstić information content (AvgIpc) is 3.12. The molecule has 5 heteroatoms. The van der Waals surface area contributed by atoms with Crippen LogP contribution in [0.15, 0.2) is 41.0 Å². The van der Waals surface area contributed by atoms with Crippen LogP contribution in [-0.4, -0.2) is 16.7 Å². The van der Waals surface area contributed by atoms with Crippen LogP contribution in [0.4, 0.5) is 0 Å². The van der Waals surface area contributed by atoms with E-state index in [1.807, 2.05) is 30.3 Å². The number of rotatable bonds is 4. The van der Waals surface area contributed by atoms with Gasteiger partial charge in [-0.25, -0.2) is 4.98 Å². The summed E-state index contributed by atoms with van der Waals surface area (Å²) in [6, 6.07) is 9.72. The van der Waals surface area contributed by atoms with Gasteiger partial charge in [-0.1, -0.05) is 6.07 Å². The summed E-state index contributed by atoms with van der Waals surface area (Å²) in [4.78, 5) is 4.60. The lowest BCUT2D eigenvalue weighted by Gasteiger charge is -2.14. The smallest absolute Gasteiger partial charge is 0.146 e. The number of furan rings is 1. The highest BCUT2D eigenvalue weighted by Crippen LogP contribution is 2.31. The lowest BCUT2D eigenvalue weighted by molar-refractivity contribution is 0.419. The molecule has 0 radical (unpaired) electrons. The molecule has 2 heterocycles. The van der Waals surface area contributed by atoms with Crippen LogP contribution in [0.5, 0.6) is 5.75 Å². The predicted octanol–water partition coefficient (Wildman–Crippen LogP) is 3.99. The van der Waals surface area contributed by atoms with E-state index in [0.717, 1.165) is 28.4 Å². The van der Waals surface area contributed by atoms with E-state index in [1.54, 1.807) is 13.4 Å². The summed E-state index contributed by atoms with van der Waals surface area (Å²) >= 11 is 6.05. The standard InChI is InChI=1S/C15H15ClN2O2/c1-10(12-7-4-8-20-12)18-11-5-3-6-13(19-2)15(11)17-14(18)9-16/h3-8,10H,9H2,1-2H3. The number of methoxy groups -OCH3 is 1. The molecule has 0 saturated heterocycles. The number of para-hydroxylation sites is 1. The van der Waals surface area contributed by atoms with Gasteiger partial charge >= 0.3 is 0 Å². The second-order valence-corrected chi connectivity index (χ2v) is 4.82. The quantitative estimate of drug-likeness (QED) is 0.682. The minimum Gasteiger partial charge on any atom is -0.494 e. The summed E-state index contributed by atoms with van der Waals surface area (Å²) in [7, 11) is 1.64. The maximum absolute atomic E-state index is 6.05. The van der Waals surface area contributed by atoms with E-state index in [2.05, 4.69) is 16.5 Å². The van der Waals surface area contributed by atoms with Crippen molar-refractivity contribution >= 4 is 22.6 Å². The third-order valence-electron chi connectivity index (χ3n) is 3.44. The molecule has 0 N–H and O–H groups in total. The molecule has 0 amide bonds. The maximum atomic E-state index is 6.05. The molecule has 0 spiro atoms. The van der Waals surface area contributed by atoms with E-state index >= 15 is 0 Å². The van der Waals surface area contributed by atoms with Crippen molar-refractivity contribution in [3.63, 3.8) is 0 Å². The number of alkyl halides is 1. The number of fused-ring (bicyclic) bond motifs is 1. The molecule has 0 saturated carbocycles. The zero-order valence-electron chi connectivity index (χ0n) is 11.3. The Kier molecular flexibility index (Phi) is 3.40. The zero-order chi connectivity index (χ0) is 14.1. The van der Waals surface area contributed by atoms with Crippen molar-refractivity contribution in [2.45, 2.75) is 18.8 Å². The van der Waals surface area contributed by atoms with E-state index in [4.69, 9.17) is 20.8 Å². The molecule has 104 valence electrons. The molecule has 4 nitrogen and oxygen atoms in total. The minimum absolute atomic E-state index is 0.0239. The highest BCUT2D eigenvalue weighted by atomic mass is 35.5. The van der Waals surface area contributed by atoms with Crippen LogP contribution in [0.1, 0.15) is 24.6 Å². The van der Waals surface area contributed by atoms with Crippen molar-refractivity contribution in [1.82, 2.24) is 9.55 Å². The lowest BCUT2D eigenvalue weighted by Crippen LogP contribution is -2.09. The van der Waals surface area contributed by atoms with Gasteiger partial charge in [0.15, 0.2) is 0 Å². The highest BCUT2D eigenvalue weighted by molar-refractivity contribution is 6.16. The highest BCUT2D eigenvalue weighted by Gasteiger charge is 2.20. The topological polar surface area (TPSA) is 40.2 Å². The summed E-state index contributed by atoms with van der Waals surface area (Å²) < 4.78 is 13.0. The first kappa shape index (κ1) is 13.1. The largest absolute Gasteiger partial charge is 0.494 e. The first-order valence-electron chi connectivity index (χ1n) is 6.39. The van der Waals surface area contributed by atoms with E-state index < -0.39 is 0 Å². The molecule has 1 unspecified atom stereocenters. The molecule has 0 aliphatic rings. The molecule has 2 aromatic heterocycles. The van der Waals surface area contributed by atoms with Crippen molar-refractivity contribution < 1.29 is 9.15 Å². The van der Waals surface area contributed by atoms with Crippen molar-refractivity contribution in [2.24, 2.45) is 0 Å². The van der Waals surface area contributed by atoms with Gasteiger partial charge in [-0.2, -0.15) is 0 Å². The fourth-order valence-corrected chi connectivity index (χ4v) is 2.68. The maximum Gasteiger partial charge on any atom is 0.146 e. The Morgan fingerprint density at radius 1 is 1.35 bits per heavy atom. The van der Waals surface area contributed by atoms with E-state index in [-0.39, 0.29) is 6.04 Å². The second-order valence-electron chi connectivity index (χ2n) is 4.55. The average molecular weight is 291 g/mol. The van der Waals surface area contributed by atoms with Crippen LogP contribution in [-0.2, 0) is 5.88 Å². The van der Waals surface area contributed by atoms with Gasteiger partial charge in [0, 0.05) is 0 Å². The lowest BCUT2D eigenvalue weighted by atomic mass is 10.2. The van der Waals surface area contributed by atoms with Crippen LogP contribution in [0, 0.1) is 0 Å². The molecule has 3 rings (SSSR count). The Balaban J connectivity index is 2.23. The third kappa shape index (κ3) is 1.96. The van der Waals surface area contributed by atoms with Gasteiger partial charge in [-0.15, -0.1) is 11.6 Å². The van der Waals surface area contributed by atoms with E-state index in [0.29, 0.717) is 5.88 Å². The molecule has 20 heavy (non-hydrogen) atoms. The fraction of sp³-hybridized carbons (Fsp3) is 0.267. The van der Waals surface area contributed by atoms with Gasteiger partial charge in [-0.3, -0.25) is 0 Å². The van der Waals surface area contributed by atoms with Crippen LogP contribution >= 0.6 is 11.6 Å². The first-order chi connectivity index (χ1) is 9.76. The van der Waals surface area contributed by atoms with Gasteiger partial charge in [0.25, 0.3) is 0 Å². The molecular formula is C15H15ClN2O2. The Bertz CT molecular complexity index is 719. The Hall–Kier alpha value is -1.94. The fourth-order valence-electron chi connectivity index (χ4n) is 2.49. The van der Waals surface area contributed by atoms with Crippen LogP contribution in [0.25, 0.3) is 11.0 Å². The van der Waals surface area contributed by atoms with Crippen LogP contribution in [0.2, 0.25) is 0 Å². The Morgan fingerprint density at radius 2 is 2.20 bits per heavy atom. The number of halogens is 1. The molecule has 1 atom stereocenters. The van der Waals surface area contributed by atoms with Crippen LogP contribution < -0.4 is 4.74 Å². The normalized spacial score (nSPS) is 12.8. The summed E-state index contributed by atoms with van der Waals surface area (Å²) in [5, 5.41) is 0. The number of benzene rings is 1. The van der Waals surface area contributed by atoms with Gasteiger partial charge in [0.05, 0.1) is 30.8 Å². The number of imidazole rings is 1. The van der Waals surface area contributed by atoms with Crippen molar-refractivity contribution in [3.8, 4) is 5.75 Å². The molecule has 1 aromatic carbocycles. The van der Waals surface area contributed by atoms with Gasteiger partial charge in [0.2, 0.25) is 0 Å². The third-order valence-corrected chi connectivity index (χ3v) is 3.68. The van der Waals surface area contributed by atoms with Crippen LogP contribution in [0.3, 0.4) is 0 Å². The summed E-state index contributed by atoms with van der Waals surface area (Å²) in [5.74, 6) is 2.76. The monoisotopic (exact) mass is 290 g/mol. The molecule has 0 aliphatic heterocycles.